The molecule has 1 rings (SSSR count). The molecule has 24 heavy (non-hydrogen) atoms. The van der Waals surface area contributed by atoms with Gasteiger partial charge in [0.15, 0.2) is 5.17 Å². The summed E-state index contributed by atoms with van der Waals surface area (Å²) in [6, 6.07) is 5.95. The van der Waals surface area contributed by atoms with Gasteiger partial charge in [-0.25, -0.2) is 9.79 Å². The van der Waals surface area contributed by atoms with Gasteiger partial charge in [-0.3, -0.25) is 4.79 Å². The van der Waals surface area contributed by atoms with E-state index < -0.39 is 22.7 Å². The van der Waals surface area contributed by atoms with Gasteiger partial charge in [-0.05, 0) is 36.8 Å². The molecule has 0 saturated carbocycles. The van der Waals surface area contributed by atoms with E-state index in [0.29, 0.717) is 10.7 Å². The van der Waals surface area contributed by atoms with E-state index in [-0.39, 0.29) is 17.6 Å². The number of carboxylic acid groups (broad SMARTS) is 1. The van der Waals surface area contributed by atoms with E-state index in [2.05, 4.69) is 10.3 Å². The number of nitrogens with one attached hydrogen (secondary N) is 1. The summed E-state index contributed by atoms with van der Waals surface area (Å²) >= 11 is 6.00. The Morgan fingerprint density at radius 2 is 1.96 bits per heavy atom. The predicted octanol–water partition coefficient (Wildman–Crippen LogP) is 3.46. The Hall–Kier alpha value is -1.09. The number of carboxylic acids is 1. The molecule has 0 spiro atoms. The van der Waals surface area contributed by atoms with E-state index in [0.717, 1.165) is 10.8 Å². The number of amidine groups is 1. The molecular formula is C14H19Cl2N3O3S2. The van der Waals surface area contributed by atoms with Crippen LogP contribution in [0.15, 0.2) is 29.3 Å². The molecule has 1 aromatic rings. The van der Waals surface area contributed by atoms with Crippen LogP contribution in [0, 0.1) is 0 Å². The number of nitrogens with zero attached hydrogens (tertiary/aromatic N) is 1. The number of para-hydroxylation sites is 1. The van der Waals surface area contributed by atoms with Crippen molar-refractivity contribution in [1.82, 2.24) is 5.32 Å². The number of nitrogens with two attached hydrogens (primary N) is 1. The molecule has 0 unspecified atom stereocenters. The third kappa shape index (κ3) is 7.21. The molecule has 4 N–H and O–H groups in total. The van der Waals surface area contributed by atoms with Crippen LogP contribution >= 0.6 is 45.6 Å². The van der Waals surface area contributed by atoms with Crippen molar-refractivity contribution in [2.45, 2.75) is 31.6 Å². The van der Waals surface area contributed by atoms with Crippen LogP contribution in [0.25, 0.3) is 0 Å². The van der Waals surface area contributed by atoms with Crippen molar-refractivity contribution >= 4 is 68.3 Å². The van der Waals surface area contributed by atoms with Crippen LogP contribution in [-0.4, -0.2) is 32.9 Å². The van der Waals surface area contributed by atoms with Crippen LogP contribution in [0.5, 0.6) is 0 Å². The minimum atomic E-state index is -1.11. The summed E-state index contributed by atoms with van der Waals surface area (Å²) in [7, 11) is 2.34. The van der Waals surface area contributed by atoms with Crippen molar-refractivity contribution in [3.05, 3.63) is 29.3 Å². The molecule has 0 aliphatic rings. The highest BCUT2D eigenvalue weighted by Crippen LogP contribution is 2.39. The Bertz CT molecular complexity index is 627. The topological polar surface area (TPSA) is 105 Å². The van der Waals surface area contributed by atoms with Crippen molar-refractivity contribution in [1.29, 1.82) is 0 Å². The molecule has 10 heteroatoms. The summed E-state index contributed by atoms with van der Waals surface area (Å²) in [4.78, 5) is 26.7. The molecule has 0 aromatic heterocycles. The number of carbonyl (C=O) groups is 2. The van der Waals surface area contributed by atoms with Gasteiger partial charge in [-0.1, -0.05) is 34.5 Å². The highest BCUT2D eigenvalue weighted by Gasteiger charge is 2.37. The lowest BCUT2D eigenvalue weighted by Gasteiger charge is -2.30. The zero-order chi connectivity index (χ0) is 17.6. The lowest BCUT2D eigenvalue weighted by atomic mass is 10.0. The molecule has 1 atom stereocenters. The predicted molar refractivity (Wildman–Crippen MR) is 104 cm³/mol. The molecule has 1 aromatic carbocycles. The zero-order valence-electron chi connectivity index (χ0n) is 13.3. The Morgan fingerprint density at radius 3 is 2.46 bits per heavy atom. The summed E-state index contributed by atoms with van der Waals surface area (Å²) in [5.74, 6) is -1.52. The van der Waals surface area contributed by atoms with Crippen LogP contribution < -0.4 is 11.1 Å². The second kappa shape index (κ2) is 10.0. The van der Waals surface area contributed by atoms with Gasteiger partial charge < -0.3 is 16.2 Å². The number of hydrogen-bond donors (Lipinski definition) is 3. The third-order valence-corrected chi connectivity index (χ3v) is 6.10. The van der Waals surface area contributed by atoms with Crippen LogP contribution in [-0.2, 0) is 9.59 Å². The maximum absolute atomic E-state index is 11.3. The third-order valence-electron chi connectivity index (χ3n) is 2.71. The quantitative estimate of drug-likeness (QED) is 0.376. The average molecular weight is 412 g/mol. The maximum atomic E-state index is 11.3. The highest BCUT2D eigenvalue weighted by molar-refractivity contribution is 8.82. The fourth-order valence-electron chi connectivity index (χ4n) is 1.61. The number of amides is 1. The number of benzene rings is 1. The van der Waals surface area contributed by atoms with Crippen molar-refractivity contribution in [3.8, 4) is 0 Å². The average Bonchev–Trinajstić information content (AvgIpc) is 2.44. The summed E-state index contributed by atoms with van der Waals surface area (Å²) in [6.45, 7) is 4.70. The second-order valence-corrected chi connectivity index (χ2v) is 8.35. The van der Waals surface area contributed by atoms with E-state index in [1.807, 2.05) is 0 Å². The molecule has 1 amide bonds. The van der Waals surface area contributed by atoms with Crippen molar-refractivity contribution in [3.63, 3.8) is 0 Å². The second-order valence-electron chi connectivity index (χ2n) is 5.14. The molecular weight excluding hydrogens is 393 g/mol. The Kier molecular flexibility index (Phi) is 9.57. The number of aliphatic imine (C=N–C) groups is 1. The van der Waals surface area contributed by atoms with Crippen LogP contribution in [0.3, 0.4) is 0 Å². The normalized spacial score (nSPS) is 12.9. The van der Waals surface area contributed by atoms with Gasteiger partial charge in [0.05, 0.1) is 15.5 Å². The summed E-state index contributed by atoms with van der Waals surface area (Å²) in [5, 5.41) is 12.4. The molecule has 134 valence electrons. The molecule has 0 heterocycles. The summed E-state index contributed by atoms with van der Waals surface area (Å²) < 4.78 is -0.803. The first kappa shape index (κ1) is 22.9. The Labute approximate surface area is 159 Å². The molecule has 0 aliphatic heterocycles. The minimum Gasteiger partial charge on any atom is -0.480 e. The van der Waals surface area contributed by atoms with Crippen molar-refractivity contribution < 1.29 is 14.7 Å². The first-order valence-corrected chi connectivity index (χ1v) is 9.10. The van der Waals surface area contributed by atoms with Crippen molar-refractivity contribution in [2.24, 2.45) is 10.7 Å². The molecule has 0 radical (unpaired) electrons. The fraction of sp³-hybridized carbons (Fsp3) is 0.357. The summed E-state index contributed by atoms with van der Waals surface area (Å²) in [5.41, 5.74) is 6.39. The molecule has 0 fully saturated rings. The monoisotopic (exact) mass is 411 g/mol. The SMILES string of the molecule is CC(=O)N[C@H](C(=O)O)C(C)(C)SSC(N)=Nc1ccccc1Cl.Cl. The van der Waals surface area contributed by atoms with Gasteiger partial charge in [-0.15, -0.1) is 12.4 Å². The van der Waals surface area contributed by atoms with Crippen LogP contribution in [0.1, 0.15) is 20.8 Å². The lowest BCUT2D eigenvalue weighted by molar-refractivity contribution is -0.142. The number of rotatable bonds is 6. The van der Waals surface area contributed by atoms with Crippen LogP contribution in [0.2, 0.25) is 5.02 Å². The molecule has 0 bridgehead atoms. The van der Waals surface area contributed by atoms with E-state index in [4.69, 9.17) is 17.3 Å². The first-order valence-electron chi connectivity index (χ1n) is 6.58. The minimum absolute atomic E-state index is 0. The smallest absolute Gasteiger partial charge is 0.327 e. The van der Waals surface area contributed by atoms with E-state index in [9.17, 15) is 14.7 Å². The van der Waals surface area contributed by atoms with E-state index >= 15 is 0 Å². The molecule has 6 nitrogen and oxygen atoms in total. The van der Waals surface area contributed by atoms with Gasteiger partial charge in [0, 0.05) is 6.92 Å². The van der Waals surface area contributed by atoms with Gasteiger partial charge in [-0.2, -0.15) is 0 Å². The number of aliphatic carboxylic acids is 1. The largest absolute Gasteiger partial charge is 0.480 e. The number of halogens is 2. The van der Waals surface area contributed by atoms with Gasteiger partial charge in [0.25, 0.3) is 0 Å². The number of carbonyl (C=O) groups excluding carboxylic acids is 1. The highest BCUT2D eigenvalue weighted by atomic mass is 35.5. The molecule has 0 aliphatic carbocycles. The van der Waals surface area contributed by atoms with Crippen LogP contribution in [0.4, 0.5) is 5.69 Å². The van der Waals surface area contributed by atoms with Gasteiger partial charge >= 0.3 is 5.97 Å². The van der Waals surface area contributed by atoms with Gasteiger partial charge in [0.2, 0.25) is 5.91 Å². The molecule has 0 saturated heterocycles. The fourth-order valence-corrected chi connectivity index (χ4v) is 3.78. The Balaban J connectivity index is 0.00000529. The summed E-state index contributed by atoms with van der Waals surface area (Å²) in [6.07, 6.45) is 0. The Morgan fingerprint density at radius 1 is 1.38 bits per heavy atom. The first-order chi connectivity index (χ1) is 10.6. The standard InChI is InChI=1S/C14H18ClN3O3S2.ClH/c1-8(19)17-11(12(20)21)14(2,3)23-22-13(16)18-10-7-5-4-6-9(10)15;/h4-7,11H,1-3H3,(H2,16,18)(H,17,19)(H,20,21);1H/t11-;/m1./s1. The van der Waals surface area contributed by atoms with Crippen molar-refractivity contribution in [2.75, 3.05) is 0 Å². The zero-order valence-corrected chi connectivity index (χ0v) is 16.5. The lowest BCUT2D eigenvalue weighted by Crippen LogP contribution is -2.51. The number of hydrogen-bond acceptors (Lipinski definition) is 5. The van der Waals surface area contributed by atoms with E-state index in [1.54, 1.807) is 38.1 Å². The van der Waals surface area contributed by atoms with Gasteiger partial charge in [0.1, 0.15) is 6.04 Å². The maximum Gasteiger partial charge on any atom is 0.327 e. The van der Waals surface area contributed by atoms with E-state index in [1.165, 1.54) is 17.7 Å².